The van der Waals surface area contributed by atoms with Gasteiger partial charge in [0, 0.05) is 0 Å². The molecule has 248 valence electrons. The van der Waals surface area contributed by atoms with Gasteiger partial charge in [-0.3, -0.25) is 0 Å². The van der Waals surface area contributed by atoms with E-state index < -0.39 is 0 Å². The van der Waals surface area contributed by atoms with Crippen LogP contribution in [0.3, 0.4) is 0 Å². The van der Waals surface area contributed by atoms with Gasteiger partial charge in [0.2, 0.25) is 0 Å². The Morgan fingerprint density at radius 1 is 0.214 bits per heavy atom. The van der Waals surface area contributed by atoms with Crippen LogP contribution in [-0.2, 0) is 0 Å². The molecular formula is C40H84LiN+2. The Kier molecular flexibility index (Phi) is 40.2. The van der Waals surface area contributed by atoms with Crippen molar-refractivity contribution in [3.63, 3.8) is 0 Å². The largest absolute Gasteiger partial charge is 1.00 e. The van der Waals surface area contributed by atoms with E-state index in [0.29, 0.717) is 0 Å². The van der Waals surface area contributed by atoms with E-state index in [1.54, 1.807) is 0 Å². The second-order valence-corrected chi connectivity index (χ2v) is 14.1. The van der Waals surface area contributed by atoms with Crippen molar-refractivity contribution in [1.82, 2.24) is 0 Å². The van der Waals surface area contributed by atoms with Crippen LogP contribution in [0.15, 0.2) is 0 Å². The molecule has 0 amide bonds. The number of rotatable bonds is 36. The molecule has 0 fully saturated rings. The molecule has 0 heterocycles. The molecule has 0 aliphatic rings. The van der Waals surface area contributed by atoms with E-state index in [9.17, 15) is 0 Å². The summed E-state index contributed by atoms with van der Waals surface area (Å²) in [6.07, 6.45) is 46.7. The first kappa shape index (κ1) is 44.7. The molecule has 0 spiro atoms. The Hall–Kier alpha value is 0.557. The second kappa shape index (κ2) is 37.7. The molecule has 0 bridgehead atoms. The summed E-state index contributed by atoms with van der Waals surface area (Å²) in [4.78, 5) is 0. The summed E-state index contributed by atoms with van der Waals surface area (Å²) >= 11 is 0. The van der Waals surface area contributed by atoms with Gasteiger partial charge in [0.15, 0.2) is 0 Å². The van der Waals surface area contributed by atoms with Crippen molar-refractivity contribution in [2.45, 2.75) is 233 Å². The summed E-state index contributed by atoms with van der Waals surface area (Å²) in [7, 11) is 0. The van der Waals surface area contributed by atoms with E-state index in [0.717, 1.165) is 0 Å². The van der Waals surface area contributed by atoms with Gasteiger partial charge in [-0.2, -0.15) is 0 Å². The summed E-state index contributed by atoms with van der Waals surface area (Å²) in [6.45, 7) is 15.3. The molecule has 0 aliphatic heterocycles. The minimum absolute atomic E-state index is 0. The average molecular weight is 586 g/mol. The third-order valence-electron chi connectivity index (χ3n) is 9.94. The molecule has 42 heavy (non-hydrogen) atoms. The van der Waals surface area contributed by atoms with Gasteiger partial charge < -0.3 is 4.48 Å². The Balaban J connectivity index is 0. The van der Waals surface area contributed by atoms with Gasteiger partial charge in [0.25, 0.3) is 0 Å². The summed E-state index contributed by atoms with van der Waals surface area (Å²) in [6, 6.07) is 0. The first-order chi connectivity index (χ1) is 20.2. The maximum atomic E-state index is 2.41. The molecular weight excluding hydrogens is 501 g/mol. The summed E-state index contributed by atoms with van der Waals surface area (Å²) < 4.78 is 1.47. The van der Waals surface area contributed by atoms with Crippen LogP contribution in [0, 0.1) is 0 Å². The Labute approximate surface area is 281 Å². The van der Waals surface area contributed by atoms with Gasteiger partial charge in [0.05, 0.1) is 26.2 Å². The van der Waals surface area contributed by atoms with Crippen LogP contribution in [0.5, 0.6) is 0 Å². The zero-order chi connectivity index (χ0) is 30.0. The predicted molar refractivity (Wildman–Crippen MR) is 190 cm³/mol. The van der Waals surface area contributed by atoms with Crippen LogP contribution in [0.2, 0.25) is 0 Å². The maximum Gasteiger partial charge on any atom is 1.00 e. The smallest absolute Gasteiger partial charge is 0.324 e. The van der Waals surface area contributed by atoms with Crippen LogP contribution in [-0.4, -0.2) is 30.7 Å². The van der Waals surface area contributed by atoms with Gasteiger partial charge in [-0.05, 0) is 44.9 Å². The molecule has 0 N–H and O–H groups in total. The van der Waals surface area contributed by atoms with E-state index in [1.165, 1.54) is 236 Å². The first-order valence-electron chi connectivity index (χ1n) is 20.1. The van der Waals surface area contributed by atoms with E-state index >= 15 is 0 Å². The third kappa shape index (κ3) is 32.0. The molecule has 2 heteroatoms. The van der Waals surface area contributed by atoms with Crippen molar-refractivity contribution in [3.05, 3.63) is 0 Å². The first-order valence-corrected chi connectivity index (χ1v) is 20.1. The monoisotopic (exact) mass is 586 g/mol. The molecule has 1 nitrogen and oxygen atoms in total. The van der Waals surface area contributed by atoms with Gasteiger partial charge in [-0.15, -0.1) is 0 Å². The molecule has 0 saturated carbocycles. The van der Waals surface area contributed by atoms with Crippen molar-refractivity contribution >= 4 is 0 Å². The zero-order valence-electron chi connectivity index (χ0n) is 30.9. The summed E-state index contributed by atoms with van der Waals surface area (Å²) in [5, 5.41) is 0. The molecule has 0 saturated heterocycles. The molecule has 0 radical (unpaired) electrons. The number of hydrogen-bond donors (Lipinski definition) is 0. The number of quaternary nitrogens is 1. The number of unbranched alkanes of at least 4 members (excludes halogenated alkanes) is 28. The van der Waals surface area contributed by atoms with Gasteiger partial charge in [0.1, 0.15) is 0 Å². The van der Waals surface area contributed by atoms with Crippen molar-refractivity contribution in [2.24, 2.45) is 0 Å². The molecule has 0 rings (SSSR count). The minimum atomic E-state index is 0. The molecule has 0 unspecified atom stereocenters. The molecule has 0 aliphatic carbocycles. The van der Waals surface area contributed by atoms with Crippen molar-refractivity contribution in [2.75, 3.05) is 26.2 Å². The number of nitrogens with zero attached hydrogens (tertiary/aromatic N) is 1. The topological polar surface area (TPSA) is 0 Å². The van der Waals surface area contributed by atoms with Gasteiger partial charge in [-0.1, -0.05) is 188 Å². The van der Waals surface area contributed by atoms with E-state index in [-0.39, 0.29) is 18.9 Å². The Morgan fingerprint density at radius 3 is 0.595 bits per heavy atom. The fourth-order valence-electron chi connectivity index (χ4n) is 6.97. The van der Waals surface area contributed by atoms with Crippen LogP contribution in [0.25, 0.3) is 0 Å². The Morgan fingerprint density at radius 2 is 0.381 bits per heavy atom. The molecule has 0 aromatic heterocycles. The number of hydrogen-bond acceptors (Lipinski definition) is 0. The standard InChI is InChI=1S/C40H84N.Li/c1-5-9-13-16-19-22-25-28-31-34-38-41(37-12-8-4,39-35-32-29-26-23-20-17-14-10-6-2)40-36-33-30-27-24-21-18-15-11-7-3;/h5-40H2,1-4H3;/q2*+1. The van der Waals surface area contributed by atoms with Crippen LogP contribution < -0.4 is 18.9 Å². The van der Waals surface area contributed by atoms with E-state index in [2.05, 4.69) is 27.7 Å². The van der Waals surface area contributed by atoms with Crippen molar-refractivity contribution in [3.8, 4) is 0 Å². The predicted octanol–water partition coefficient (Wildman–Crippen LogP) is 11.4. The molecule has 0 aromatic rings. The van der Waals surface area contributed by atoms with E-state index in [4.69, 9.17) is 0 Å². The fourth-order valence-corrected chi connectivity index (χ4v) is 6.97. The molecule has 0 aromatic carbocycles. The second-order valence-electron chi connectivity index (χ2n) is 14.1. The van der Waals surface area contributed by atoms with Crippen molar-refractivity contribution in [1.29, 1.82) is 0 Å². The summed E-state index contributed by atoms with van der Waals surface area (Å²) in [5.74, 6) is 0. The quantitative estimate of drug-likeness (QED) is 0.0390. The SMILES string of the molecule is CCCCCCCCCCCC[N+](CCCC)(CCCCCCCCCCCC)CCCCCCCCCCCC.[Li+]. The Bertz CT molecular complexity index is 405. The van der Waals surface area contributed by atoms with Gasteiger partial charge >= 0.3 is 18.9 Å². The normalized spacial score (nSPS) is 11.7. The third-order valence-corrected chi connectivity index (χ3v) is 9.94. The van der Waals surface area contributed by atoms with Crippen molar-refractivity contribution < 1.29 is 23.3 Å². The van der Waals surface area contributed by atoms with Crippen LogP contribution in [0.1, 0.15) is 233 Å². The van der Waals surface area contributed by atoms with Crippen LogP contribution >= 0.6 is 0 Å². The van der Waals surface area contributed by atoms with Gasteiger partial charge in [-0.25, -0.2) is 0 Å². The van der Waals surface area contributed by atoms with Crippen LogP contribution in [0.4, 0.5) is 0 Å². The minimum Gasteiger partial charge on any atom is -0.324 e. The summed E-state index contributed by atoms with van der Waals surface area (Å²) in [5.41, 5.74) is 0. The maximum absolute atomic E-state index is 2.41. The van der Waals surface area contributed by atoms with E-state index in [1.807, 2.05) is 0 Å². The fraction of sp³-hybridized carbons (Fsp3) is 1.00. The average Bonchev–Trinajstić information content (AvgIpc) is 2.98. The molecule has 0 atom stereocenters. The zero-order valence-corrected chi connectivity index (χ0v) is 30.9.